The van der Waals surface area contributed by atoms with Crippen LogP contribution in [-0.2, 0) is 25.8 Å². The molecule has 1 saturated heterocycles. The molecule has 4 aromatic rings. The number of nitrogens with zero attached hydrogens (tertiary/aromatic N) is 4. The average molecular weight is 652 g/mol. The summed E-state index contributed by atoms with van der Waals surface area (Å²) in [6, 6.07) is 14.5. The van der Waals surface area contributed by atoms with Crippen LogP contribution in [0.15, 0.2) is 60.8 Å². The number of benzene rings is 2. The van der Waals surface area contributed by atoms with E-state index in [2.05, 4.69) is 21.4 Å². The van der Waals surface area contributed by atoms with Gasteiger partial charge in [-0.1, -0.05) is 35.3 Å². The van der Waals surface area contributed by atoms with Crippen molar-refractivity contribution in [2.75, 3.05) is 55.4 Å². The van der Waals surface area contributed by atoms with E-state index in [1.54, 1.807) is 31.3 Å². The number of hydrogen-bond acceptors (Lipinski definition) is 10. The number of para-hydroxylation sites is 1. The van der Waals surface area contributed by atoms with Crippen molar-refractivity contribution in [3.8, 4) is 5.75 Å². The number of nitrogen functional groups attached to an aromatic ring is 1. The molecule has 234 valence electrons. The molecule has 1 amide bonds. The monoisotopic (exact) mass is 650 g/mol. The fraction of sp³-hybridized carbons (Fsp3) is 0.250. The molecular weight excluding hydrogens is 619 g/mol. The topological polar surface area (TPSA) is 132 Å². The summed E-state index contributed by atoms with van der Waals surface area (Å²) in [6.07, 6.45) is 4.23. The summed E-state index contributed by atoms with van der Waals surface area (Å²) >= 11 is 13.3. The zero-order valence-corrected chi connectivity index (χ0v) is 26.3. The second-order valence-electron chi connectivity index (χ2n) is 10.2. The molecule has 45 heavy (non-hydrogen) atoms. The van der Waals surface area contributed by atoms with Crippen molar-refractivity contribution in [2.45, 2.75) is 13.5 Å². The minimum Gasteiger partial charge on any atom is -0.487 e. The first-order valence-electron chi connectivity index (χ1n) is 14.1. The summed E-state index contributed by atoms with van der Waals surface area (Å²) < 4.78 is 11.8. The first-order chi connectivity index (χ1) is 21.7. The van der Waals surface area contributed by atoms with Gasteiger partial charge in [0, 0.05) is 59.8 Å². The number of hydroxylamine groups is 1. The van der Waals surface area contributed by atoms with E-state index in [-0.39, 0.29) is 18.2 Å². The highest BCUT2D eigenvalue weighted by molar-refractivity contribution is 6.38. The Kier molecular flexibility index (Phi) is 10.4. The number of halogens is 2. The molecule has 3 heterocycles. The lowest BCUT2D eigenvalue weighted by Crippen LogP contribution is -2.36. The minimum absolute atomic E-state index is 0.0425. The van der Waals surface area contributed by atoms with Gasteiger partial charge in [-0.3, -0.25) is 4.79 Å². The maximum absolute atomic E-state index is 12.9. The van der Waals surface area contributed by atoms with Crippen LogP contribution in [0.3, 0.4) is 0 Å². The number of carbonyl (C=O) groups excluding carboxylic acids is 2. The van der Waals surface area contributed by atoms with Crippen molar-refractivity contribution in [3.05, 3.63) is 87.7 Å². The number of amides is 1. The molecule has 1 aliphatic rings. The molecule has 0 bridgehead atoms. The van der Waals surface area contributed by atoms with Crippen molar-refractivity contribution in [1.29, 1.82) is 0 Å². The van der Waals surface area contributed by atoms with Crippen LogP contribution < -0.4 is 25.8 Å². The number of aromatic nitrogens is 2. The second-order valence-corrected chi connectivity index (χ2v) is 11.0. The molecule has 2 aromatic carbocycles. The van der Waals surface area contributed by atoms with Gasteiger partial charge >= 0.3 is 5.97 Å². The summed E-state index contributed by atoms with van der Waals surface area (Å²) in [4.78, 5) is 42.2. The maximum atomic E-state index is 12.9. The summed E-state index contributed by atoms with van der Waals surface area (Å²) in [7, 11) is 1.56. The van der Waals surface area contributed by atoms with Crippen molar-refractivity contribution < 1.29 is 23.9 Å². The number of aryl methyl sites for hydroxylation is 1. The number of nitrogens with one attached hydrogen (secondary N) is 1. The first kappa shape index (κ1) is 32.0. The highest BCUT2D eigenvalue weighted by Crippen LogP contribution is 2.37. The van der Waals surface area contributed by atoms with Gasteiger partial charge in [0.2, 0.25) is 5.91 Å². The van der Waals surface area contributed by atoms with Gasteiger partial charge in [-0.05, 0) is 55.0 Å². The van der Waals surface area contributed by atoms with E-state index in [1.165, 1.54) is 23.2 Å². The summed E-state index contributed by atoms with van der Waals surface area (Å²) in [5, 5.41) is 1.62. The third-order valence-corrected chi connectivity index (χ3v) is 7.93. The van der Waals surface area contributed by atoms with Crippen LogP contribution in [0.1, 0.15) is 16.8 Å². The number of morpholine rings is 1. The molecule has 1 fully saturated rings. The lowest BCUT2D eigenvalue weighted by Gasteiger charge is -2.30. The smallest absolute Gasteiger partial charge is 0.349 e. The molecule has 0 unspecified atom stereocenters. The highest BCUT2D eigenvalue weighted by atomic mass is 35.5. The van der Waals surface area contributed by atoms with Crippen molar-refractivity contribution in [3.63, 3.8) is 0 Å². The van der Waals surface area contributed by atoms with E-state index in [9.17, 15) is 9.59 Å². The van der Waals surface area contributed by atoms with Crippen molar-refractivity contribution in [1.82, 2.24) is 15.4 Å². The Hall–Kier alpha value is -4.42. The summed E-state index contributed by atoms with van der Waals surface area (Å²) in [5.41, 5.74) is 12.2. The molecule has 0 saturated carbocycles. The van der Waals surface area contributed by atoms with Crippen LogP contribution in [0.5, 0.6) is 5.75 Å². The number of carbonyl (C=O) groups is 2. The number of hydrogen-bond donors (Lipinski definition) is 2. The van der Waals surface area contributed by atoms with E-state index in [0.717, 1.165) is 35.4 Å². The quantitative estimate of drug-likeness (QED) is 0.179. The van der Waals surface area contributed by atoms with E-state index < -0.39 is 11.9 Å². The normalized spacial score (nSPS) is 13.3. The number of ether oxygens (including phenoxy) is 2. The fourth-order valence-corrected chi connectivity index (χ4v) is 5.38. The molecule has 2 aromatic heterocycles. The Morgan fingerprint density at radius 2 is 1.96 bits per heavy atom. The summed E-state index contributed by atoms with van der Waals surface area (Å²) in [6.45, 7) is 4.64. The molecule has 0 radical (unpaired) electrons. The number of pyridine rings is 2. The van der Waals surface area contributed by atoms with E-state index in [4.69, 9.17) is 48.2 Å². The van der Waals surface area contributed by atoms with Gasteiger partial charge in [-0.15, -0.1) is 5.48 Å². The van der Waals surface area contributed by atoms with Crippen molar-refractivity contribution >= 4 is 69.2 Å². The van der Waals surface area contributed by atoms with E-state index in [0.29, 0.717) is 46.6 Å². The average Bonchev–Trinajstić information content (AvgIpc) is 3.04. The van der Waals surface area contributed by atoms with Gasteiger partial charge < -0.3 is 29.8 Å². The predicted molar refractivity (Wildman–Crippen MR) is 175 cm³/mol. The van der Waals surface area contributed by atoms with E-state index >= 15 is 0 Å². The standard InChI is InChI=1S/C32H32Cl2N6O5/c1-20-16-26(40-12-14-43-15-13-40)22-4-3-5-27(32(22)38-20)44-19-23-24(33)8-9-25(31(23)34)39(2)29(41)18-37-45-30(42)11-7-21-6-10-28(35)36-17-21/h3-11,16-17,37H,12-15,18-19H2,1-2H3,(H2,35,36)/b11-7+. The van der Waals surface area contributed by atoms with Gasteiger partial charge in [0.1, 0.15) is 30.2 Å². The van der Waals surface area contributed by atoms with Crippen molar-refractivity contribution in [2.24, 2.45) is 0 Å². The Bertz CT molecular complexity index is 1730. The van der Waals surface area contributed by atoms with Gasteiger partial charge in [0.05, 0.1) is 23.9 Å². The maximum Gasteiger partial charge on any atom is 0.349 e. The third kappa shape index (κ3) is 7.81. The largest absolute Gasteiger partial charge is 0.487 e. The molecule has 13 heteroatoms. The zero-order valence-electron chi connectivity index (χ0n) is 24.8. The lowest BCUT2D eigenvalue weighted by molar-refractivity contribution is -0.145. The van der Waals surface area contributed by atoms with Gasteiger partial charge in [-0.2, -0.15) is 0 Å². The molecular formula is C32H32Cl2N6O5. The van der Waals surface area contributed by atoms with Crippen LogP contribution in [0.2, 0.25) is 10.0 Å². The Morgan fingerprint density at radius 3 is 2.71 bits per heavy atom. The van der Waals surface area contributed by atoms with Crippen LogP contribution >= 0.6 is 23.2 Å². The number of anilines is 3. The molecule has 1 aliphatic heterocycles. The van der Waals surface area contributed by atoms with Crippen LogP contribution in [0.25, 0.3) is 17.0 Å². The van der Waals surface area contributed by atoms with Gasteiger partial charge in [-0.25, -0.2) is 14.8 Å². The van der Waals surface area contributed by atoms with E-state index in [1.807, 2.05) is 25.1 Å². The minimum atomic E-state index is -0.693. The molecule has 11 nitrogen and oxygen atoms in total. The zero-order chi connectivity index (χ0) is 31.9. The number of nitrogens with two attached hydrogens (primary N) is 1. The Labute approximate surface area is 270 Å². The second kappa shape index (κ2) is 14.6. The lowest BCUT2D eigenvalue weighted by atomic mass is 10.1. The predicted octanol–water partition coefficient (Wildman–Crippen LogP) is 4.97. The molecule has 0 spiro atoms. The Morgan fingerprint density at radius 1 is 1.16 bits per heavy atom. The number of likely N-dealkylation sites (N-methyl/N-ethyl adjacent to an activating group) is 1. The van der Waals surface area contributed by atoms with Crippen LogP contribution in [0.4, 0.5) is 17.2 Å². The molecule has 5 rings (SSSR count). The highest BCUT2D eigenvalue weighted by Gasteiger charge is 2.21. The van der Waals surface area contributed by atoms with Crippen LogP contribution in [0, 0.1) is 6.92 Å². The van der Waals surface area contributed by atoms with Gasteiger partial charge in [0.25, 0.3) is 0 Å². The Balaban J connectivity index is 1.24. The number of fused-ring (bicyclic) bond motifs is 1. The fourth-order valence-electron chi connectivity index (χ4n) is 4.77. The van der Waals surface area contributed by atoms with Gasteiger partial charge in [0.15, 0.2) is 0 Å². The third-order valence-electron chi connectivity index (χ3n) is 7.15. The summed E-state index contributed by atoms with van der Waals surface area (Å²) in [5.74, 6) is -0.147. The first-order valence-corrected chi connectivity index (χ1v) is 14.9. The number of rotatable bonds is 10. The molecule has 0 atom stereocenters. The molecule has 3 N–H and O–H groups in total. The molecule has 0 aliphatic carbocycles. The van der Waals surface area contributed by atoms with Crippen LogP contribution in [-0.4, -0.2) is 61.7 Å². The SMILES string of the molecule is Cc1cc(N2CCOCC2)c2cccc(OCc3c(Cl)ccc(N(C)C(=O)CNOC(=O)/C=C/c4ccc(N)nc4)c3Cl)c2n1.